The zero-order valence-electron chi connectivity index (χ0n) is 14.7. The van der Waals surface area contributed by atoms with Crippen LogP contribution in [-0.4, -0.2) is 26.1 Å². The lowest BCUT2D eigenvalue weighted by Crippen LogP contribution is -2.22. The number of thiophene rings is 1. The molecule has 0 fully saturated rings. The molecule has 0 unspecified atom stereocenters. The Morgan fingerprint density at radius 1 is 1.25 bits per heavy atom. The maximum absolute atomic E-state index is 12.9. The molecule has 4 heterocycles. The number of hydrogen-bond acceptors (Lipinski definition) is 5. The fourth-order valence-corrected chi connectivity index (χ4v) is 4.01. The first kappa shape index (κ1) is 16.5. The molecule has 5 aromatic rings. The zero-order valence-corrected chi connectivity index (χ0v) is 15.5. The number of amides is 1. The van der Waals surface area contributed by atoms with Crippen LogP contribution < -0.4 is 11.1 Å². The smallest absolute Gasteiger partial charge is 0.253 e. The van der Waals surface area contributed by atoms with Crippen molar-refractivity contribution in [3.05, 3.63) is 64.7 Å². The lowest BCUT2D eigenvalue weighted by molar-refractivity contribution is 0.0952. The fraction of sp³-hybridized carbons (Fsp3) is 0.0500. The van der Waals surface area contributed by atoms with E-state index in [4.69, 9.17) is 5.73 Å². The summed E-state index contributed by atoms with van der Waals surface area (Å²) in [6.07, 6.45) is 5.33. The molecule has 0 bridgehead atoms. The van der Waals surface area contributed by atoms with E-state index in [1.165, 1.54) is 0 Å². The molecule has 7 nitrogen and oxygen atoms in total. The third kappa shape index (κ3) is 2.80. The van der Waals surface area contributed by atoms with Gasteiger partial charge in [0.05, 0.1) is 29.0 Å². The predicted molar refractivity (Wildman–Crippen MR) is 111 cm³/mol. The summed E-state index contributed by atoms with van der Waals surface area (Å²) in [5.74, 6) is 0.301. The lowest BCUT2D eigenvalue weighted by Gasteiger charge is -2.08. The molecular formula is C20H16N6OS. The van der Waals surface area contributed by atoms with E-state index in [0.29, 0.717) is 23.4 Å². The van der Waals surface area contributed by atoms with Gasteiger partial charge in [-0.2, -0.15) is 16.4 Å². The van der Waals surface area contributed by atoms with E-state index < -0.39 is 0 Å². The van der Waals surface area contributed by atoms with Crippen LogP contribution in [0, 0.1) is 0 Å². The molecular weight excluding hydrogens is 372 g/mol. The number of nitrogens with one attached hydrogen (secondary N) is 3. The van der Waals surface area contributed by atoms with Gasteiger partial charge in [0.2, 0.25) is 0 Å². The average molecular weight is 388 g/mol. The molecule has 8 heteroatoms. The normalized spacial score (nSPS) is 11.3. The third-order valence-electron chi connectivity index (χ3n) is 4.72. The molecule has 0 spiro atoms. The highest BCUT2D eigenvalue weighted by Crippen LogP contribution is 2.32. The lowest BCUT2D eigenvalue weighted by atomic mass is 10.00. The van der Waals surface area contributed by atoms with Crippen molar-refractivity contribution in [3.8, 4) is 11.1 Å². The second kappa shape index (κ2) is 6.50. The third-order valence-corrected chi connectivity index (χ3v) is 5.46. The van der Waals surface area contributed by atoms with Gasteiger partial charge in [0.1, 0.15) is 5.82 Å². The van der Waals surface area contributed by atoms with Gasteiger partial charge in [0.15, 0.2) is 0 Å². The van der Waals surface area contributed by atoms with E-state index in [9.17, 15) is 4.79 Å². The average Bonchev–Trinajstić information content (AvgIpc) is 3.44. The topological polar surface area (TPSA) is 112 Å². The Morgan fingerprint density at radius 3 is 3.04 bits per heavy atom. The van der Waals surface area contributed by atoms with Gasteiger partial charge in [-0.25, -0.2) is 4.98 Å². The first-order valence-corrected chi connectivity index (χ1v) is 9.63. The summed E-state index contributed by atoms with van der Waals surface area (Å²) in [4.78, 5) is 20.2. The van der Waals surface area contributed by atoms with Crippen molar-refractivity contribution in [3.63, 3.8) is 0 Å². The minimum atomic E-state index is -0.150. The van der Waals surface area contributed by atoms with Crippen LogP contribution in [-0.2, 0) is 6.54 Å². The Morgan fingerprint density at radius 2 is 2.18 bits per heavy atom. The van der Waals surface area contributed by atoms with Gasteiger partial charge in [-0.1, -0.05) is 0 Å². The van der Waals surface area contributed by atoms with Crippen molar-refractivity contribution >= 4 is 44.9 Å². The van der Waals surface area contributed by atoms with Gasteiger partial charge in [0, 0.05) is 29.1 Å². The molecule has 5 N–H and O–H groups in total. The number of H-pyrrole nitrogens is 2. The zero-order chi connectivity index (χ0) is 19.1. The second-order valence-corrected chi connectivity index (χ2v) is 7.31. The van der Waals surface area contributed by atoms with E-state index in [-0.39, 0.29) is 5.91 Å². The number of anilines is 1. The number of carbonyl (C=O) groups excluding carboxylic acids is 1. The van der Waals surface area contributed by atoms with E-state index in [1.54, 1.807) is 23.7 Å². The molecule has 0 saturated carbocycles. The molecule has 0 radical (unpaired) electrons. The summed E-state index contributed by atoms with van der Waals surface area (Å²) in [6, 6.07) is 7.71. The number of nitrogens with two attached hydrogens (primary N) is 1. The predicted octanol–water partition coefficient (Wildman–Crippen LogP) is 3.68. The molecule has 1 aromatic carbocycles. The van der Waals surface area contributed by atoms with Crippen LogP contribution in [0.5, 0.6) is 0 Å². The van der Waals surface area contributed by atoms with Gasteiger partial charge in [-0.3, -0.25) is 9.89 Å². The van der Waals surface area contributed by atoms with E-state index in [2.05, 4.69) is 25.5 Å². The summed E-state index contributed by atoms with van der Waals surface area (Å²) in [5, 5.41) is 15.9. The molecule has 0 aliphatic carbocycles. The molecule has 0 saturated heterocycles. The van der Waals surface area contributed by atoms with Crippen LogP contribution in [0.1, 0.15) is 15.9 Å². The van der Waals surface area contributed by atoms with Gasteiger partial charge in [-0.05, 0) is 46.2 Å². The van der Waals surface area contributed by atoms with Crippen molar-refractivity contribution in [1.29, 1.82) is 0 Å². The van der Waals surface area contributed by atoms with Crippen molar-refractivity contribution in [2.24, 2.45) is 0 Å². The summed E-state index contributed by atoms with van der Waals surface area (Å²) in [6.45, 7) is 0.484. The number of aromatic nitrogens is 4. The highest BCUT2D eigenvalue weighted by Gasteiger charge is 2.16. The van der Waals surface area contributed by atoms with Crippen LogP contribution in [0.3, 0.4) is 0 Å². The first-order valence-electron chi connectivity index (χ1n) is 8.68. The maximum atomic E-state index is 12.9. The summed E-state index contributed by atoms with van der Waals surface area (Å²) < 4.78 is 0. The highest BCUT2D eigenvalue weighted by molar-refractivity contribution is 7.07. The molecule has 0 atom stereocenters. The molecule has 1 amide bonds. The number of aromatic amines is 2. The van der Waals surface area contributed by atoms with Crippen LogP contribution in [0.25, 0.3) is 32.9 Å². The Balaban J connectivity index is 1.59. The number of rotatable bonds is 4. The molecule has 0 aliphatic heterocycles. The molecule has 0 aliphatic rings. The number of pyridine rings is 1. The summed E-state index contributed by atoms with van der Waals surface area (Å²) >= 11 is 1.61. The minimum Gasteiger partial charge on any atom is -0.384 e. The maximum Gasteiger partial charge on any atom is 0.253 e. The Hall–Kier alpha value is -3.65. The molecule has 5 rings (SSSR count). The van der Waals surface area contributed by atoms with Crippen LogP contribution in [0.4, 0.5) is 5.82 Å². The second-order valence-electron chi connectivity index (χ2n) is 6.53. The molecule has 138 valence electrons. The SMILES string of the molecule is Nc1cc2c(-c3cc(C(=O)NCc4ccsc4)c4[nH]ncc4c3)c[nH]c2cn1. The van der Waals surface area contributed by atoms with E-state index >= 15 is 0 Å². The number of benzene rings is 1. The standard InChI is InChI=1S/C20H16N6OS/c21-18-5-14-16(8-22-17(14)9-23-18)12-3-13-7-25-26-19(13)15(4-12)20(27)24-6-11-1-2-28-10-11/h1-5,7-10,22H,6H2,(H2,21,23)(H,24,27)(H,25,26). The van der Waals surface area contributed by atoms with Gasteiger partial charge in [-0.15, -0.1) is 0 Å². The monoisotopic (exact) mass is 388 g/mol. The van der Waals surface area contributed by atoms with Gasteiger partial charge in [0.25, 0.3) is 5.91 Å². The minimum absolute atomic E-state index is 0.150. The Labute approximate surface area is 163 Å². The number of nitrogen functional groups attached to an aromatic ring is 1. The summed E-state index contributed by atoms with van der Waals surface area (Å²) in [5.41, 5.74) is 11.0. The molecule has 4 aromatic heterocycles. The van der Waals surface area contributed by atoms with Gasteiger partial charge >= 0.3 is 0 Å². The number of hydrogen-bond donors (Lipinski definition) is 4. The first-order chi connectivity index (χ1) is 13.7. The number of nitrogens with zero attached hydrogens (tertiary/aromatic N) is 2. The molecule has 28 heavy (non-hydrogen) atoms. The quantitative estimate of drug-likeness (QED) is 0.376. The van der Waals surface area contributed by atoms with Gasteiger partial charge < -0.3 is 16.0 Å². The van der Waals surface area contributed by atoms with Crippen LogP contribution in [0.2, 0.25) is 0 Å². The van der Waals surface area contributed by atoms with E-state index in [0.717, 1.165) is 33.0 Å². The largest absolute Gasteiger partial charge is 0.384 e. The Bertz CT molecular complexity index is 1300. The van der Waals surface area contributed by atoms with Crippen molar-refractivity contribution < 1.29 is 4.79 Å². The number of fused-ring (bicyclic) bond motifs is 2. The van der Waals surface area contributed by atoms with Crippen molar-refractivity contribution in [2.75, 3.05) is 5.73 Å². The summed E-state index contributed by atoms with van der Waals surface area (Å²) in [7, 11) is 0. The fourth-order valence-electron chi connectivity index (χ4n) is 3.34. The number of carbonyl (C=O) groups is 1. The van der Waals surface area contributed by atoms with Crippen molar-refractivity contribution in [2.45, 2.75) is 6.54 Å². The van der Waals surface area contributed by atoms with Crippen LogP contribution >= 0.6 is 11.3 Å². The highest BCUT2D eigenvalue weighted by atomic mass is 32.1. The Kier molecular flexibility index (Phi) is 3.84. The van der Waals surface area contributed by atoms with E-state index in [1.807, 2.05) is 41.2 Å². The van der Waals surface area contributed by atoms with Crippen LogP contribution in [0.15, 0.2) is 53.6 Å². The van der Waals surface area contributed by atoms with Crippen molar-refractivity contribution in [1.82, 2.24) is 25.5 Å².